The average Bonchev–Trinajstić information content (AvgIpc) is 3.62. The second kappa shape index (κ2) is 21.0. The Labute approximate surface area is 424 Å². The standard InChI is InChI=1S/C20H22O2.C14H16O2.C12H18.C9H14O2.C8H12O2/c1-8-10(3)15-11(4)9(2)13(6)17-18(15)16(12(8)5)19(21)14(7)20(17)22;1-6-7(2)9(4)12-11(8(6)3)13(15)10(5)14(12)16;1-8(2)12-6-9(3)11(5)10(4)7-12;1-6-7(10)4-9(2,3)5-8(6)11;1-5-6(9)4-8(2,3)7(5)10/h21H,1-7H3;15H,1-5H3;6-8H,1-5H3;10H,4-5H2,1-3H3;10H,4H2,1-3H3. The molecule has 4 aromatic carbocycles. The first-order valence-corrected chi connectivity index (χ1v) is 24.9. The second-order valence-corrected chi connectivity index (χ2v) is 22.5. The summed E-state index contributed by atoms with van der Waals surface area (Å²) in [6.07, 6.45) is 1.64. The summed E-state index contributed by atoms with van der Waals surface area (Å²) in [6.45, 7) is 45.9. The van der Waals surface area contributed by atoms with Crippen LogP contribution in [-0.2, 0) is 9.59 Å². The van der Waals surface area contributed by atoms with Gasteiger partial charge in [-0.25, -0.2) is 0 Å². The van der Waals surface area contributed by atoms with Crippen LogP contribution in [-0.4, -0.2) is 43.6 Å². The van der Waals surface area contributed by atoms with Crippen molar-refractivity contribution in [2.24, 2.45) is 10.8 Å². The highest BCUT2D eigenvalue weighted by Crippen LogP contribution is 2.45. The van der Waals surface area contributed by atoms with Gasteiger partial charge in [-0.3, -0.25) is 19.2 Å². The molecule has 8 rings (SSSR count). The lowest BCUT2D eigenvalue weighted by atomic mass is 9.77. The summed E-state index contributed by atoms with van der Waals surface area (Å²) in [6, 6.07) is 4.60. The van der Waals surface area contributed by atoms with Gasteiger partial charge in [-0.2, -0.15) is 0 Å². The van der Waals surface area contributed by atoms with E-state index in [0.717, 1.165) is 60.8 Å². The van der Waals surface area contributed by atoms with Crippen molar-refractivity contribution in [3.8, 4) is 0 Å². The quantitative estimate of drug-likeness (QED) is 0.147. The lowest BCUT2D eigenvalue weighted by molar-refractivity contribution is -0.118. The molecule has 4 aliphatic carbocycles. The van der Waals surface area contributed by atoms with Crippen molar-refractivity contribution in [3.05, 3.63) is 146 Å². The number of hydrogen-bond donors (Lipinski definition) is 4. The molecule has 0 fully saturated rings. The molecule has 0 aromatic heterocycles. The van der Waals surface area contributed by atoms with Gasteiger partial charge in [-0.1, -0.05) is 53.7 Å². The molecule has 0 aliphatic heterocycles. The van der Waals surface area contributed by atoms with Crippen molar-refractivity contribution in [2.75, 3.05) is 0 Å². The van der Waals surface area contributed by atoms with Gasteiger partial charge < -0.3 is 20.4 Å². The molecular weight excluding hydrogens is 885 g/mol. The maximum Gasteiger partial charge on any atom is 0.193 e. The number of ketones is 4. The Morgan fingerprint density at radius 1 is 0.408 bits per heavy atom. The number of hydrogen-bond acceptors (Lipinski definition) is 8. The van der Waals surface area contributed by atoms with Crippen LogP contribution in [0.2, 0.25) is 0 Å². The van der Waals surface area contributed by atoms with Crippen LogP contribution < -0.4 is 0 Å². The summed E-state index contributed by atoms with van der Waals surface area (Å²) in [5.41, 5.74) is 21.6. The number of aliphatic hydroxyl groups is 4. The third-order valence-corrected chi connectivity index (χ3v) is 16.3. The van der Waals surface area contributed by atoms with E-state index < -0.39 is 0 Å². The first kappa shape index (κ1) is 57.6. The van der Waals surface area contributed by atoms with Crippen LogP contribution in [0.15, 0.2) is 45.9 Å². The fourth-order valence-corrected chi connectivity index (χ4v) is 10.2. The summed E-state index contributed by atoms with van der Waals surface area (Å²) in [5, 5.41) is 41.4. The molecule has 0 unspecified atom stereocenters. The number of aliphatic hydroxyl groups excluding tert-OH is 4. The zero-order valence-corrected chi connectivity index (χ0v) is 47.3. The molecule has 0 heterocycles. The van der Waals surface area contributed by atoms with Gasteiger partial charge in [-0.05, 0) is 212 Å². The van der Waals surface area contributed by atoms with Crippen LogP contribution in [0.3, 0.4) is 0 Å². The molecule has 8 nitrogen and oxygen atoms in total. The number of Topliss-reactive ketones (excluding diaryl/α,β-unsaturated/α-hetero) is 4. The maximum absolute atomic E-state index is 12.8. The zero-order valence-electron chi connectivity index (χ0n) is 47.3. The summed E-state index contributed by atoms with van der Waals surface area (Å²) in [5.74, 6) is 1.55. The van der Waals surface area contributed by atoms with Gasteiger partial charge in [0, 0.05) is 74.6 Å². The van der Waals surface area contributed by atoms with Crippen LogP contribution in [0.25, 0.3) is 22.3 Å². The highest BCUT2D eigenvalue weighted by molar-refractivity contribution is 6.26. The van der Waals surface area contributed by atoms with Crippen LogP contribution in [0.4, 0.5) is 0 Å². The minimum Gasteiger partial charge on any atom is -0.512 e. The fraction of sp³-hybridized carbons (Fsp3) is 0.460. The Morgan fingerprint density at radius 2 is 0.789 bits per heavy atom. The van der Waals surface area contributed by atoms with Crippen molar-refractivity contribution in [1.29, 1.82) is 0 Å². The Kier molecular flexibility index (Phi) is 17.0. The van der Waals surface area contributed by atoms with E-state index in [1.54, 1.807) is 27.7 Å². The first-order valence-electron chi connectivity index (χ1n) is 24.9. The molecule has 4 N–H and O–H groups in total. The van der Waals surface area contributed by atoms with Gasteiger partial charge in [0.25, 0.3) is 0 Å². The van der Waals surface area contributed by atoms with E-state index in [1.165, 1.54) is 44.5 Å². The van der Waals surface area contributed by atoms with Crippen molar-refractivity contribution < 1.29 is 39.6 Å². The number of carbonyl (C=O) groups is 4. The molecule has 0 atom stereocenters. The predicted octanol–water partition coefficient (Wildman–Crippen LogP) is 16.3. The number of allylic oxidation sites excluding steroid dienone is 6. The Balaban J connectivity index is 0.000000200. The van der Waals surface area contributed by atoms with E-state index >= 15 is 0 Å². The predicted molar refractivity (Wildman–Crippen MR) is 294 cm³/mol. The average molecular weight is 967 g/mol. The highest BCUT2D eigenvalue weighted by Gasteiger charge is 2.37. The molecular formula is C63H82O8. The summed E-state index contributed by atoms with van der Waals surface area (Å²) in [4.78, 5) is 47.0. The first-order chi connectivity index (χ1) is 32.5. The van der Waals surface area contributed by atoms with E-state index in [-0.39, 0.29) is 57.0 Å². The Morgan fingerprint density at radius 3 is 1.18 bits per heavy atom. The highest BCUT2D eigenvalue weighted by atomic mass is 16.3. The lowest BCUT2D eigenvalue weighted by Crippen LogP contribution is -2.24. The lowest BCUT2D eigenvalue weighted by Gasteiger charge is -2.28. The van der Waals surface area contributed by atoms with E-state index in [0.29, 0.717) is 53.0 Å². The molecule has 0 amide bonds. The van der Waals surface area contributed by atoms with Crippen molar-refractivity contribution in [1.82, 2.24) is 0 Å². The summed E-state index contributed by atoms with van der Waals surface area (Å²) >= 11 is 0. The second-order valence-electron chi connectivity index (χ2n) is 22.5. The number of carbonyl (C=O) groups excluding carboxylic acids is 4. The van der Waals surface area contributed by atoms with Crippen LogP contribution in [0.5, 0.6) is 0 Å². The number of benzene rings is 4. The third kappa shape index (κ3) is 10.8. The number of aryl methyl sites for hydroxylation is 4. The van der Waals surface area contributed by atoms with Crippen LogP contribution in [0, 0.1) is 101 Å². The maximum atomic E-state index is 12.8. The normalized spacial score (nSPS) is 16.7. The van der Waals surface area contributed by atoms with Gasteiger partial charge in [0.1, 0.15) is 17.3 Å². The van der Waals surface area contributed by atoms with E-state index in [2.05, 4.69) is 74.4 Å². The molecule has 8 heteroatoms. The van der Waals surface area contributed by atoms with E-state index in [1.807, 2.05) is 69.2 Å². The molecule has 382 valence electrons. The molecule has 0 bridgehead atoms. The Bertz CT molecular complexity index is 3050. The van der Waals surface area contributed by atoms with Gasteiger partial charge >= 0.3 is 0 Å². The summed E-state index contributed by atoms with van der Waals surface area (Å²) < 4.78 is 0. The largest absolute Gasteiger partial charge is 0.512 e. The number of rotatable bonds is 1. The van der Waals surface area contributed by atoms with Crippen molar-refractivity contribution >= 4 is 45.4 Å². The SMILES string of the molecule is CC1=C(O)C(C)(C)CC1=O.CC1=C(O)CC(C)(C)CC1=O.CC1=C(O)c2c(C)c(C)c(C)c(C)c2C1=O.CC1=C(O)c2c(C)c(C)c(C)c3c(C)c(C)c(C)c(c23)C1=O.Cc1cc(C(C)C)cc(C)c1C. The molecule has 0 saturated heterocycles. The van der Waals surface area contributed by atoms with Crippen molar-refractivity contribution in [2.45, 2.75) is 184 Å². The van der Waals surface area contributed by atoms with Crippen LogP contribution in [0.1, 0.15) is 204 Å². The monoisotopic (exact) mass is 967 g/mol. The van der Waals surface area contributed by atoms with Gasteiger partial charge in [0.05, 0.1) is 5.76 Å². The Hall–Kier alpha value is -6.02. The van der Waals surface area contributed by atoms with Crippen molar-refractivity contribution in [3.63, 3.8) is 0 Å². The number of fused-ring (bicyclic) bond motifs is 1. The van der Waals surface area contributed by atoms with Crippen LogP contribution >= 0.6 is 0 Å². The molecule has 0 spiro atoms. The summed E-state index contributed by atoms with van der Waals surface area (Å²) in [7, 11) is 0. The van der Waals surface area contributed by atoms with Gasteiger partial charge in [-0.15, -0.1) is 0 Å². The van der Waals surface area contributed by atoms with Gasteiger partial charge in [0.2, 0.25) is 0 Å². The minimum absolute atomic E-state index is 0.0313. The smallest absolute Gasteiger partial charge is 0.193 e. The van der Waals surface area contributed by atoms with Gasteiger partial charge in [0.15, 0.2) is 23.1 Å². The zero-order chi connectivity index (χ0) is 54.6. The van der Waals surface area contributed by atoms with E-state index in [9.17, 15) is 39.6 Å². The molecule has 0 saturated carbocycles. The fourth-order valence-electron chi connectivity index (χ4n) is 10.2. The molecule has 4 aromatic rings. The van der Waals surface area contributed by atoms with E-state index in [4.69, 9.17) is 0 Å². The topological polar surface area (TPSA) is 149 Å². The molecule has 71 heavy (non-hydrogen) atoms. The third-order valence-electron chi connectivity index (χ3n) is 16.3. The minimum atomic E-state index is -0.318. The molecule has 4 aliphatic rings. The molecule has 0 radical (unpaired) electrons.